The molecule has 2 aliphatic heterocycles. The highest BCUT2D eigenvalue weighted by molar-refractivity contribution is 7.09. The molecule has 2 aliphatic rings. The van der Waals surface area contributed by atoms with Crippen LogP contribution in [-0.4, -0.2) is 59.3 Å². The maximum Gasteiger partial charge on any atom is 0.228 e. The standard InChI is InChI=1S/C20H23FN4O2S/c1-14-22-17(13-28-14)12-23-5-7-24(8-6-23)20(27)15-9-19(26)25(11-15)18-4-2-3-16(21)10-18/h2-4,10,13,15H,5-9,11-12H2,1H3/t15-/m0/s1. The molecule has 0 spiro atoms. The number of hydrogen-bond donors (Lipinski definition) is 0. The first kappa shape index (κ1) is 19.0. The molecule has 28 heavy (non-hydrogen) atoms. The summed E-state index contributed by atoms with van der Waals surface area (Å²) >= 11 is 1.65. The van der Waals surface area contributed by atoms with Crippen LogP contribution in [0.5, 0.6) is 0 Å². The van der Waals surface area contributed by atoms with Crippen LogP contribution in [0.2, 0.25) is 0 Å². The van der Waals surface area contributed by atoms with E-state index in [2.05, 4.69) is 15.3 Å². The summed E-state index contributed by atoms with van der Waals surface area (Å²) < 4.78 is 13.5. The molecule has 3 heterocycles. The van der Waals surface area contributed by atoms with Crippen molar-refractivity contribution in [2.75, 3.05) is 37.6 Å². The van der Waals surface area contributed by atoms with Crippen molar-refractivity contribution in [2.24, 2.45) is 5.92 Å². The van der Waals surface area contributed by atoms with E-state index in [0.717, 1.165) is 30.3 Å². The lowest BCUT2D eigenvalue weighted by Gasteiger charge is -2.35. The number of rotatable bonds is 4. The number of aryl methyl sites for hydroxylation is 1. The zero-order chi connectivity index (χ0) is 19.7. The van der Waals surface area contributed by atoms with E-state index in [1.54, 1.807) is 23.5 Å². The predicted molar refractivity (Wildman–Crippen MR) is 106 cm³/mol. The number of thiazole rings is 1. The molecule has 1 aromatic carbocycles. The largest absolute Gasteiger partial charge is 0.340 e. The summed E-state index contributed by atoms with van der Waals surface area (Å²) in [5, 5.41) is 3.15. The van der Waals surface area contributed by atoms with E-state index >= 15 is 0 Å². The Labute approximate surface area is 167 Å². The van der Waals surface area contributed by atoms with Crippen molar-refractivity contribution < 1.29 is 14.0 Å². The third kappa shape index (κ3) is 4.07. The summed E-state index contributed by atoms with van der Waals surface area (Å²) in [6.07, 6.45) is 0.188. The molecule has 2 aromatic rings. The lowest BCUT2D eigenvalue weighted by atomic mass is 10.1. The fourth-order valence-electron chi connectivity index (χ4n) is 3.86. The summed E-state index contributed by atoms with van der Waals surface area (Å²) in [6.45, 7) is 6.05. The Bertz CT molecular complexity index is 879. The van der Waals surface area contributed by atoms with Crippen LogP contribution in [0.4, 0.5) is 10.1 Å². The normalized spacial score (nSPS) is 20.8. The average molecular weight is 402 g/mol. The van der Waals surface area contributed by atoms with Crippen LogP contribution in [0.3, 0.4) is 0 Å². The minimum atomic E-state index is -0.383. The van der Waals surface area contributed by atoms with Gasteiger partial charge < -0.3 is 9.80 Å². The van der Waals surface area contributed by atoms with Gasteiger partial charge in [0.15, 0.2) is 0 Å². The van der Waals surface area contributed by atoms with Gasteiger partial charge in [0.1, 0.15) is 5.82 Å². The monoisotopic (exact) mass is 402 g/mol. The summed E-state index contributed by atoms with van der Waals surface area (Å²) in [7, 11) is 0. The molecule has 0 unspecified atom stereocenters. The van der Waals surface area contributed by atoms with E-state index in [1.165, 1.54) is 17.0 Å². The lowest BCUT2D eigenvalue weighted by Crippen LogP contribution is -2.50. The first-order valence-corrected chi connectivity index (χ1v) is 10.4. The molecule has 0 radical (unpaired) electrons. The van der Waals surface area contributed by atoms with E-state index in [-0.39, 0.29) is 30.0 Å². The molecule has 6 nitrogen and oxygen atoms in total. The first-order valence-electron chi connectivity index (χ1n) is 9.47. The first-order chi connectivity index (χ1) is 13.5. The lowest BCUT2D eigenvalue weighted by molar-refractivity contribution is -0.137. The van der Waals surface area contributed by atoms with Crippen LogP contribution < -0.4 is 4.90 Å². The van der Waals surface area contributed by atoms with Crippen LogP contribution >= 0.6 is 11.3 Å². The third-order valence-electron chi connectivity index (χ3n) is 5.33. The van der Waals surface area contributed by atoms with E-state index < -0.39 is 0 Å². The maximum atomic E-state index is 13.5. The highest BCUT2D eigenvalue weighted by atomic mass is 32.1. The number of carbonyl (C=O) groups excluding carboxylic acids is 2. The fourth-order valence-corrected chi connectivity index (χ4v) is 4.46. The Morgan fingerprint density at radius 2 is 2.07 bits per heavy atom. The van der Waals surface area contributed by atoms with Gasteiger partial charge in [-0.2, -0.15) is 0 Å². The van der Waals surface area contributed by atoms with Gasteiger partial charge in [-0.3, -0.25) is 14.5 Å². The highest BCUT2D eigenvalue weighted by Gasteiger charge is 2.38. The van der Waals surface area contributed by atoms with Crippen LogP contribution in [0, 0.1) is 18.7 Å². The van der Waals surface area contributed by atoms with Gasteiger partial charge in [-0.05, 0) is 25.1 Å². The number of anilines is 1. The van der Waals surface area contributed by atoms with E-state index in [1.807, 2.05) is 11.8 Å². The molecule has 0 saturated carbocycles. The Morgan fingerprint density at radius 1 is 1.29 bits per heavy atom. The second-order valence-corrected chi connectivity index (χ2v) is 8.41. The molecule has 2 saturated heterocycles. The van der Waals surface area contributed by atoms with Gasteiger partial charge in [0.05, 0.1) is 16.6 Å². The smallest absolute Gasteiger partial charge is 0.228 e. The van der Waals surface area contributed by atoms with Crippen molar-refractivity contribution >= 4 is 28.8 Å². The Hall–Kier alpha value is -2.32. The number of aromatic nitrogens is 1. The van der Waals surface area contributed by atoms with Gasteiger partial charge in [-0.15, -0.1) is 11.3 Å². The van der Waals surface area contributed by atoms with E-state index in [4.69, 9.17) is 0 Å². The van der Waals surface area contributed by atoms with Gasteiger partial charge in [-0.1, -0.05) is 6.07 Å². The number of nitrogens with zero attached hydrogens (tertiary/aromatic N) is 4. The van der Waals surface area contributed by atoms with E-state index in [0.29, 0.717) is 25.3 Å². The summed E-state index contributed by atoms with van der Waals surface area (Å²) in [5.41, 5.74) is 1.60. The zero-order valence-corrected chi connectivity index (χ0v) is 16.6. The number of piperazine rings is 1. The predicted octanol–water partition coefficient (Wildman–Crippen LogP) is 2.29. The Kier molecular flexibility index (Phi) is 5.41. The van der Waals surface area contributed by atoms with Crippen molar-refractivity contribution in [3.05, 3.63) is 46.2 Å². The molecule has 2 amide bonds. The number of carbonyl (C=O) groups is 2. The molecule has 1 atom stereocenters. The Morgan fingerprint density at radius 3 is 2.75 bits per heavy atom. The molecular formula is C20H23FN4O2S. The summed E-state index contributed by atoms with van der Waals surface area (Å²) in [6, 6.07) is 5.96. The van der Waals surface area contributed by atoms with Crippen LogP contribution in [0.1, 0.15) is 17.1 Å². The molecule has 0 bridgehead atoms. The van der Waals surface area contributed by atoms with Gasteiger partial charge >= 0.3 is 0 Å². The SMILES string of the molecule is Cc1nc(CN2CCN(C(=O)[C@H]3CC(=O)N(c4cccc(F)c4)C3)CC2)cs1. The molecule has 148 valence electrons. The van der Waals surface area contributed by atoms with Gasteiger partial charge in [0, 0.05) is 56.8 Å². The maximum absolute atomic E-state index is 13.5. The molecule has 0 aliphatic carbocycles. The van der Waals surface area contributed by atoms with Crippen LogP contribution in [0.25, 0.3) is 0 Å². The van der Waals surface area contributed by atoms with Crippen molar-refractivity contribution in [1.82, 2.24) is 14.8 Å². The topological polar surface area (TPSA) is 56.8 Å². The quantitative estimate of drug-likeness (QED) is 0.788. The number of hydrogen-bond acceptors (Lipinski definition) is 5. The second kappa shape index (κ2) is 7.97. The van der Waals surface area contributed by atoms with Crippen LogP contribution in [-0.2, 0) is 16.1 Å². The minimum absolute atomic E-state index is 0.0244. The number of benzene rings is 1. The minimum Gasteiger partial charge on any atom is -0.340 e. The molecule has 0 N–H and O–H groups in total. The third-order valence-corrected chi connectivity index (χ3v) is 6.15. The molecule has 2 fully saturated rings. The molecule has 8 heteroatoms. The number of amides is 2. The molecule has 4 rings (SSSR count). The second-order valence-electron chi connectivity index (χ2n) is 7.34. The van der Waals surface area contributed by atoms with Gasteiger partial charge in [0.2, 0.25) is 11.8 Å². The summed E-state index contributed by atoms with van der Waals surface area (Å²) in [4.78, 5) is 35.4. The van der Waals surface area contributed by atoms with Crippen molar-refractivity contribution in [1.29, 1.82) is 0 Å². The molecule has 1 aromatic heterocycles. The van der Waals surface area contributed by atoms with Crippen LogP contribution in [0.15, 0.2) is 29.6 Å². The van der Waals surface area contributed by atoms with E-state index in [9.17, 15) is 14.0 Å². The van der Waals surface area contributed by atoms with Gasteiger partial charge in [0.25, 0.3) is 0 Å². The van der Waals surface area contributed by atoms with Gasteiger partial charge in [-0.25, -0.2) is 9.37 Å². The number of halogens is 1. The molecular weight excluding hydrogens is 379 g/mol. The fraction of sp³-hybridized carbons (Fsp3) is 0.450. The zero-order valence-electron chi connectivity index (χ0n) is 15.8. The summed E-state index contributed by atoms with van der Waals surface area (Å²) in [5.74, 6) is -0.840. The Balaban J connectivity index is 1.32. The highest BCUT2D eigenvalue weighted by Crippen LogP contribution is 2.27. The van der Waals surface area contributed by atoms with Crippen molar-refractivity contribution in [3.63, 3.8) is 0 Å². The van der Waals surface area contributed by atoms with Crippen molar-refractivity contribution in [3.8, 4) is 0 Å². The average Bonchev–Trinajstić information content (AvgIpc) is 3.27. The van der Waals surface area contributed by atoms with Crippen molar-refractivity contribution in [2.45, 2.75) is 19.9 Å².